The van der Waals surface area contributed by atoms with Crippen LogP contribution >= 0.6 is 12.4 Å². The molecule has 0 heterocycles. The zero-order valence-corrected chi connectivity index (χ0v) is 12.7. The molecule has 0 bridgehead atoms. The molecule has 0 unspecified atom stereocenters. The summed E-state index contributed by atoms with van der Waals surface area (Å²) in [6.07, 6.45) is 2.28. The Bertz CT molecular complexity index is 470. The normalized spacial score (nSPS) is 9.85. The number of benzene rings is 2. The van der Waals surface area contributed by atoms with Gasteiger partial charge >= 0.3 is 0 Å². The molecule has 0 aliphatic rings. The molecule has 0 aromatic heterocycles. The van der Waals surface area contributed by atoms with E-state index in [1.54, 1.807) is 0 Å². The molecular weight excluding hydrogens is 270 g/mol. The largest absolute Gasteiger partial charge is 0.489 e. The molecule has 20 heavy (non-hydrogen) atoms. The SMILES string of the molecule is CNCCCc1ccc(OCc2ccccc2)cc1.Cl. The molecule has 0 aliphatic heterocycles. The molecule has 3 heteroatoms. The number of halogens is 1. The summed E-state index contributed by atoms with van der Waals surface area (Å²) in [4.78, 5) is 0. The van der Waals surface area contributed by atoms with Crippen molar-refractivity contribution in [1.29, 1.82) is 0 Å². The first-order chi connectivity index (χ1) is 9.38. The summed E-state index contributed by atoms with van der Waals surface area (Å²) < 4.78 is 5.76. The van der Waals surface area contributed by atoms with E-state index in [4.69, 9.17) is 4.74 Å². The maximum Gasteiger partial charge on any atom is 0.119 e. The van der Waals surface area contributed by atoms with Gasteiger partial charge in [0.25, 0.3) is 0 Å². The van der Waals surface area contributed by atoms with Gasteiger partial charge in [-0.25, -0.2) is 0 Å². The summed E-state index contributed by atoms with van der Waals surface area (Å²) >= 11 is 0. The summed E-state index contributed by atoms with van der Waals surface area (Å²) in [5.41, 5.74) is 2.56. The van der Waals surface area contributed by atoms with Crippen molar-refractivity contribution >= 4 is 12.4 Å². The lowest BCUT2D eigenvalue weighted by Crippen LogP contribution is -2.08. The van der Waals surface area contributed by atoms with Gasteiger partial charge in [0.2, 0.25) is 0 Å². The van der Waals surface area contributed by atoms with Crippen LogP contribution in [0, 0.1) is 0 Å². The minimum atomic E-state index is 0. The van der Waals surface area contributed by atoms with Crippen molar-refractivity contribution in [1.82, 2.24) is 5.32 Å². The summed E-state index contributed by atoms with van der Waals surface area (Å²) in [5, 5.41) is 3.16. The van der Waals surface area contributed by atoms with Crippen LogP contribution in [0.1, 0.15) is 17.5 Å². The highest BCUT2D eigenvalue weighted by molar-refractivity contribution is 5.85. The van der Waals surface area contributed by atoms with Gasteiger partial charge in [0.15, 0.2) is 0 Å². The number of aryl methyl sites for hydroxylation is 1. The van der Waals surface area contributed by atoms with Crippen LogP contribution < -0.4 is 10.1 Å². The van der Waals surface area contributed by atoms with Crippen molar-refractivity contribution < 1.29 is 4.74 Å². The van der Waals surface area contributed by atoms with E-state index in [9.17, 15) is 0 Å². The molecule has 0 aliphatic carbocycles. The van der Waals surface area contributed by atoms with Gasteiger partial charge in [-0.1, -0.05) is 42.5 Å². The molecule has 0 spiro atoms. The minimum absolute atomic E-state index is 0. The van der Waals surface area contributed by atoms with Crippen LogP contribution in [0.3, 0.4) is 0 Å². The van der Waals surface area contributed by atoms with Crippen molar-refractivity contribution in [3.8, 4) is 5.75 Å². The number of ether oxygens (including phenoxy) is 1. The first-order valence-corrected chi connectivity index (χ1v) is 6.79. The Morgan fingerprint density at radius 2 is 1.60 bits per heavy atom. The molecule has 0 saturated heterocycles. The van der Waals surface area contributed by atoms with E-state index in [0.717, 1.165) is 18.7 Å². The highest BCUT2D eigenvalue weighted by Gasteiger charge is 1.97. The predicted molar refractivity (Wildman–Crippen MR) is 86.7 cm³/mol. The molecular formula is C17H22ClNO. The fourth-order valence-electron chi connectivity index (χ4n) is 1.96. The molecule has 0 amide bonds. The quantitative estimate of drug-likeness (QED) is 0.783. The lowest BCUT2D eigenvalue weighted by molar-refractivity contribution is 0.306. The molecule has 0 radical (unpaired) electrons. The Labute approximate surface area is 127 Å². The Balaban J connectivity index is 0.00000200. The van der Waals surface area contributed by atoms with Crippen LogP contribution in [-0.2, 0) is 13.0 Å². The molecule has 0 atom stereocenters. The molecule has 2 aromatic rings. The van der Waals surface area contributed by atoms with Gasteiger partial charge in [-0.05, 0) is 49.7 Å². The van der Waals surface area contributed by atoms with Crippen molar-refractivity contribution in [3.05, 3.63) is 65.7 Å². The van der Waals surface area contributed by atoms with Crippen LogP contribution in [-0.4, -0.2) is 13.6 Å². The van der Waals surface area contributed by atoms with Gasteiger partial charge in [-0.3, -0.25) is 0 Å². The lowest BCUT2D eigenvalue weighted by atomic mass is 10.1. The second-order valence-corrected chi connectivity index (χ2v) is 4.63. The molecule has 2 nitrogen and oxygen atoms in total. The van der Waals surface area contributed by atoms with Gasteiger partial charge in [0, 0.05) is 0 Å². The monoisotopic (exact) mass is 291 g/mol. The van der Waals surface area contributed by atoms with Crippen molar-refractivity contribution in [2.75, 3.05) is 13.6 Å². The fraction of sp³-hybridized carbons (Fsp3) is 0.294. The van der Waals surface area contributed by atoms with E-state index in [-0.39, 0.29) is 12.4 Å². The van der Waals surface area contributed by atoms with Gasteiger partial charge in [0.1, 0.15) is 12.4 Å². The number of hydrogen-bond acceptors (Lipinski definition) is 2. The minimum Gasteiger partial charge on any atom is -0.489 e. The summed E-state index contributed by atoms with van der Waals surface area (Å²) in [6, 6.07) is 18.6. The zero-order chi connectivity index (χ0) is 13.3. The number of rotatable bonds is 7. The maximum absolute atomic E-state index is 5.76. The lowest BCUT2D eigenvalue weighted by Gasteiger charge is -2.07. The number of hydrogen-bond donors (Lipinski definition) is 1. The number of nitrogens with one attached hydrogen (secondary N) is 1. The topological polar surface area (TPSA) is 21.3 Å². The summed E-state index contributed by atoms with van der Waals surface area (Å²) in [7, 11) is 1.99. The summed E-state index contributed by atoms with van der Waals surface area (Å²) in [5.74, 6) is 0.932. The standard InChI is InChI=1S/C17H21NO.ClH/c1-18-13-5-8-15-9-11-17(12-10-15)19-14-16-6-3-2-4-7-16;/h2-4,6-7,9-12,18H,5,8,13-14H2,1H3;1H. The van der Waals surface area contributed by atoms with Crippen LogP contribution in [0.5, 0.6) is 5.75 Å². The molecule has 2 aromatic carbocycles. The third kappa shape index (κ3) is 5.64. The first-order valence-electron chi connectivity index (χ1n) is 6.79. The molecule has 1 N–H and O–H groups in total. The van der Waals surface area contributed by atoms with Gasteiger partial charge in [0.05, 0.1) is 0 Å². The Kier molecular flexibility index (Phi) is 7.78. The first kappa shape index (κ1) is 16.5. The maximum atomic E-state index is 5.76. The third-order valence-corrected chi connectivity index (χ3v) is 3.06. The molecule has 2 rings (SSSR count). The molecule has 108 valence electrons. The van der Waals surface area contributed by atoms with Crippen LogP contribution in [0.25, 0.3) is 0 Å². The Hall–Kier alpha value is -1.51. The van der Waals surface area contributed by atoms with E-state index in [0.29, 0.717) is 6.61 Å². The highest BCUT2D eigenvalue weighted by atomic mass is 35.5. The van der Waals surface area contributed by atoms with Crippen molar-refractivity contribution in [3.63, 3.8) is 0 Å². The third-order valence-electron chi connectivity index (χ3n) is 3.06. The Morgan fingerprint density at radius 3 is 2.25 bits per heavy atom. The second kappa shape index (κ2) is 9.40. The van der Waals surface area contributed by atoms with E-state index in [2.05, 4.69) is 41.7 Å². The van der Waals surface area contributed by atoms with E-state index in [1.165, 1.54) is 17.5 Å². The molecule has 0 fully saturated rings. The van der Waals surface area contributed by atoms with E-state index >= 15 is 0 Å². The van der Waals surface area contributed by atoms with Gasteiger partial charge < -0.3 is 10.1 Å². The van der Waals surface area contributed by atoms with Crippen molar-refractivity contribution in [2.45, 2.75) is 19.4 Å². The van der Waals surface area contributed by atoms with E-state index in [1.807, 2.05) is 25.2 Å². The highest BCUT2D eigenvalue weighted by Crippen LogP contribution is 2.15. The Morgan fingerprint density at radius 1 is 0.900 bits per heavy atom. The second-order valence-electron chi connectivity index (χ2n) is 4.63. The molecule has 0 saturated carbocycles. The smallest absolute Gasteiger partial charge is 0.119 e. The zero-order valence-electron chi connectivity index (χ0n) is 11.8. The average molecular weight is 292 g/mol. The van der Waals surface area contributed by atoms with Crippen molar-refractivity contribution in [2.24, 2.45) is 0 Å². The van der Waals surface area contributed by atoms with Crippen LogP contribution in [0.2, 0.25) is 0 Å². The van der Waals surface area contributed by atoms with Crippen LogP contribution in [0.15, 0.2) is 54.6 Å². The fourth-order valence-corrected chi connectivity index (χ4v) is 1.96. The summed E-state index contributed by atoms with van der Waals surface area (Å²) in [6.45, 7) is 1.69. The van der Waals surface area contributed by atoms with E-state index < -0.39 is 0 Å². The van der Waals surface area contributed by atoms with Crippen LogP contribution in [0.4, 0.5) is 0 Å². The average Bonchev–Trinajstić information content (AvgIpc) is 2.48. The van der Waals surface area contributed by atoms with Gasteiger partial charge in [-0.15, -0.1) is 12.4 Å². The van der Waals surface area contributed by atoms with Gasteiger partial charge in [-0.2, -0.15) is 0 Å². The predicted octanol–water partition coefficient (Wildman–Crippen LogP) is 3.84.